The Morgan fingerprint density at radius 2 is 2.46 bits per heavy atom. The van der Waals surface area contributed by atoms with Gasteiger partial charge in [0.1, 0.15) is 12.7 Å². The molecule has 13 heavy (non-hydrogen) atoms. The summed E-state index contributed by atoms with van der Waals surface area (Å²) >= 11 is 0. The third-order valence-electron chi connectivity index (χ3n) is 1.92. The monoisotopic (exact) mass is 178 g/mol. The number of amides is 1. The van der Waals surface area contributed by atoms with Crippen LogP contribution in [0.4, 0.5) is 0 Å². The van der Waals surface area contributed by atoms with E-state index in [0.717, 1.165) is 5.69 Å². The second-order valence-electron chi connectivity index (χ2n) is 2.86. The van der Waals surface area contributed by atoms with Crippen molar-refractivity contribution in [2.45, 2.75) is 6.10 Å². The minimum absolute atomic E-state index is 0.0628. The van der Waals surface area contributed by atoms with Crippen molar-refractivity contribution in [3.05, 3.63) is 30.1 Å². The first-order chi connectivity index (χ1) is 6.36. The first-order valence-electron chi connectivity index (χ1n) is 4.15. The van der Waals surface area contributed by atoms with Crippen LogP contribution in [0.5, 0.6) is 0 Å². The molecule has 1 aliphatic heterocycles. The second-order valence-corrected chi connectivity index (χ2v) is 2.86. The van der Waals surface area contributed by atoms with E-state index in [1.807, 2.05) is 18.2 Å². The van der Waals surface area contributed by atoms with Crippen LogP contribution in [0, 0.1) is 0 Å². The third kappa shape index (κ3) is 1.84. The summed E-state index contributed by atoms with van der Waals surface area (Å²) < 4.78 is 5.30. The van der Waals surface area contributed by atoms with E-state index < -0.39 is 0 Å². The molecule has 1 atom stereocenters. The Kier molecular flexibility index (Phi) is 2.23. The van der Waals surface area contributed by atoms with Crippen molar-refractivity contribution < 1.29 is 9.53 Å². The standard InChI is InChI=1S/C9H10N2O2/c12-9-6-13-8(5-11-9)7-3-1-2-4-10-7/h1-4,8H,5-6H2,(H,11,12). The fraction of sp³-hybridized carbons (Fsp3) is 0.333. The lowest BCUT2D eigenvalue weighted by Crippen LogP contribution is -2.38. The van der Waals surface area contributed by atoms with Crippen LogP contribution in [0.2, 0.25) is 0 Å². The van der Waals surface area contributed by atoms with Gasteiger partial charge in [-0.3, -0.25) is 9.78 Å². The van der Waals surface area contributed by atoms with E-state index in [1.165, 1.54) is 0 Å². The summed E-state index contributed by atoms with van der Waals surface area (Å²) in [4.78, 5) is 14.9. The zero-order valence-corrected chi connectivity index (χ0v) is 7.06. The Bertz CT molecular complexity index is 290. The van der Waals surface area contributed by atoms with Crippen LogP contribution in [0.3, 0.4) is 0 Å². The van der Waals surface area contributed by atoms with Crippen LogP contribution >= 0.6 is 0 Å². The highest BCUT2D eigenvalue weighted by molar-refractivity contribution is 5.77. The van der Waals surface area contributed by atoms with Crippen LogP contribution in [0.1, 0.15) is 11.8 Å². The van der Waals surface area contributed by atoms with Crippen LogP contribution in [-0.2, 0) is 9.53 Å². The number of nitrogens with zero attached hydrogens (tertiary/aromatic N) is 1. The van der Waals surface area contributed by atoms with Crippen molar-refractivity contribution in [2.75, 3.05) is 13.2 Å². The molecule has 1 aromatic heterocycles. The Balaban J connectivity index is 2.07. The summed E-state index contributed by atoms with van der Waals surface area (Å²) in [5.41, 5.74) is 0.863. The molecule has 4 nitrogen and oxygen atoms in total. The summed E-state index contributed by atoms with van der Waals surface area (Å²) in [5.74, 6) is -0.0628. The molecule has 0 spiro atoms. The second kappa shape index (κ2) is 3.53. The number of pyridine rings is 1. The topological polar surface area (TPSA) is 51.2 Å². The molecule has 1 aromatic rings. The predicted octanol–water partition coefficient (Wildman–Crippen LogP) is 0.269. The molecule has 0 radical (unpaired) electrons. The Morgan fingerprint density at radius 3 is 3.08 bits per heavy atom. The smallest absolute Gasteiger partial charge is 0.246 e. The molecule has 4 heteroatoms. The summed E-state index contributed by atoms with van der Waals surface area (Å²) in [6.07, 6.45) is 1.62. The normalized spacial score (nSPS) is 22.5. The highest BCUT2D eigenvalue weighted by Gasteiger charge is 2.20. The minimum Gasteiger partial charge on any atom is -0.360 e. The van der Waals surface area contributed by atoms with Crippen LogP contribution in [-0.4, -0.2) is 24.0 Å². The molecule has 1 saturated heterocycles. The number of ether oxygens (including phenoxy) is 1. The molecule has 0 aliphatic carbocycles. The fourth-order valence-electron chi connectivity index (χ4n) is 1.25. The Morgan fingerprint density at radius 1 is 1.54 bits per heavy atom. The number of hydrogen-bond donors (Lipinski definition) is 1. The van der Waals surface area contributed by atoms with Gasteiger partial charge in [-0.2, -0.15) is 0 Å². The molecule has 0 saturated carbocycles. The molecule has 2 heterocycles. The first kappa shape index (κ1) is 8.19. The van der Waals surface area contributed by atoms with Gasteiger partial charge in [-0.05, 0) is 12.1 Å². The van der Waals surface area contributed by atoms with Crippen molar-refractivity contribution in [1.82, 2.24) is 10.3 Å². The number of carbonyl (C=O) groups excluding carboxylic acids is 1. The molecule has 2 rings (SSSR count). The minimum atomic E-state index is -0.0982. The van der Waals surface area contributed by atoms with Gasteiger partial charge in [0.2, 0.25) is 5.91 Å². The highest BCUT2D eigenvalue weighted by atomic mass is 16.5. The van der Waals surface area contributed by atoms with Gasteiger partial charge in [0.15, 0.2) is 0 Å². The highest BCUT2D eigenvalue weighted by Crippen LogP contribution is 2.15. The molecular formula is C9H10N2O2. The average Bonchev–Trinajstić information content (AvgIpc) is 2.20. The Hall–Kier alpha value is -1.42. The van der Waals surface area contributed by atoms with Gasteiger partial charge >= 0.3 is 0 Å². The lowest BCUT2D eigenvalue weighted by Gasteiger charge is -2.22. The van der Waals surface area contributed by atoms with E-state index in [4.69, 9.17) is 4.74 Å². The molecule has 1 aliphatic rings. The molecular weight excluding hydrogens is 168 g/mol. The molecule has 0 bridgehead atoms. The van der Waals surface area contributed by atoms with Crippen molar-refractivity contribution in [3.63, 3.8) is 0 Å². The zero-order valence-electron chi connectivity index (χ0n) is 7.06. The molecule has 1 amide bonds. The SMILES string of the molecule is O=C1COC(c2ccccn2)CN1. The summed E-state index contributed by atoms with van der Waals surface area (Å²) in [7, 11) is 0. The number of carbonyl (C=O) groups is 1. The van der Waals surface area contributed by atoms with E-state index in [9.17, 15) is 4.79 Å². The van der Waals surface area contributed by atoms with Gasteiger partial charge in [0, 0.05) is 12.7 Å². The van der Waals surface area contributed by atoms with Gasteiger partial charge in [-0.15, -0.1) is 0 Å². The quantitative estimate of drug-likeness (QED) is 0.671. The van der Waals surface area contributed by atoms with E-state index >= 15 is 0 Å². The Labute approximate surface area is 75.9 Å². The van der Waals surface area contributed by atoms with E-state index in [-0.39, 0.29) is 18.6 Å². The number of aromatic nitrogens is 1. The number of hydrogen-bond acceptors (Lipinski definition) is 3. The van der Waals surface area contributed by atoms with Gasteiger partial charge < -0.3 is 10.1 Å². The molecule has 68 valence electrons. The predicted molar refractivity (Wildman–Crippen MR) is 45.9 cm³/mol. The van der Waals surface area contributed by atoms with Crippen LogP contribution in [0.15, 0.2) is 24.4 Å². The van der Waals surface area contributed by atoms with Gasteiger partial charge in [-0.1, -0.05) is 6.07 Å². The number of nitrogens with one attached hydrogen (secondary N) is 1. The molecule has 1 N–H and O–H groups in total. The fourth-order valence-corrected chi connectivity index (χ4v) is 1.25. The van der Waals surface area contributed by atoms with E-state index in [2.05, 4.69) is 10.3 Å². The van der Waals surface area contributed by atoms with Gasteiger partial charge in [0.25, 0.3) is 0 Å². The largest absolute Gasteiger partial charge is 0.360 e. The zero-order chi connectivity index (χ0) is 9.10. The molecule has 0 aromatic carbocycles. The summed E-state index contributed by atoms with van der Waals surface area (Å²) in [5, 5.41) is 2.73. The first-order valence-corrected chi connectivity index (χ1v) is 4.15. The lowest BCUT2D eigenvalue weighted by molar-refractivity contribution is -0.133. The molecule has 1 fully saturated rings. The molecule has 1 unspecified atom stereocenters. The van der Waals surface area contributed by atoms with Crippen molar-refractivity contribution in [2.24, 2.45) is 0 Å². The van der Waals surface area contributed by atoms with E-state index in [1.54, 1.807) is 6.20 Å². The lowest BCUT2D eigenvalue weighted by atomic mass is 10.2. The van der Waals surface area contributed by atoms with Crippen LogP contribution < -0.4 is 5.32 Å². The van der Waals surface area contributed by atoms with Crippen molar-refractivity contribution in [1.29, 1.82) is 0 Å². The summed E-state index contributed by atoms with van der Waals surface area (Å²) in [6, 6.07) is 5.65. The van der Waals surface area contributed by atoms with Crippen molar-refractivity contribution >= 4 is 5.91 Å². The van der Waals surface area contributed by atoms with Gasteiger partial charge in [-0.25, -0.2) is 0 Å². The summed E-state index contributed by atoms with van der Waals surface area (Å²) in [6.45, 7) is 0.636. The van der Waals surface area contributed by atoms with Gasteiger partial charge in [0.05, 0.1) is 5.69 Å². The van der Waals surface area contributed by atoms with E-state index in [0.29, 0.717) is 6.54 Å². The maximum atomic E-state index is 10.8. The van der Waals surface area contributed by atoms with Crippen LogP contribution in [0.25, 0.3) is 0 Å². The number of morpholine rings is 1. The maximum absolute atomic E-state index is 10.8. The van der Waals surface area contributed by atoms with Crippen molar-refractivity contribution in [3.8, 4) is 0 Å². The third-order valence-corrected chi connectivity index (χ3v) is 1.92. The number of rotatable bonds is 1. The maximum Gasteiger partial charge on any atom is 0.246 e. The average molecular weight is 178 g/mol.